The minimum absolute atomic E-state index is 0.0233. The minimum atomic E-state index is -0.0233. The third-order valence-corrected chi connectivity index (χ3v) is 3.58. The number of aromatic nitrogens is 2. The number of benzene rings is 1. The summed E-state index contributed by atoms with van der Waals surface area (Å²) in [4.78, 5) is 16.1. The van der Waals surface area contributed by atoms with Gasteiger partial charge in [-0.1, -0.05) is 12.1 Å². The van der Waals surface area contributed by atoms with Crippen LogP contribution in [-0.2, 0) is 13.0 Å². The van der Waals surface area contributed by atoms with Crippen LogP contribution in [0.4, 0.5) is 5.69 Å². The Kier molecular flexibility index (Phi) is 4.37. The lowest BCUT2D eigenvalue weighted by atomic mass is 10.1. The Balaban J connectivity index is 2.02. The van der Waals surface area contributed by atoms with E-state index in [1.54, 1.807) is 10.8 Å². The topological polar surface area (TPSA) is 60.9 Å². The van der Waals surface area contributed by atoms with Crippen LogP contribution in [0.5, 0.6) is 0 Å². The number of hydrogen-bond acceptors (Lipinski definition) is 3. The van der Waals surface area contributed by atoms with Crippen LogP contribution in [0.2, 0.25) is 0 Å². The number of aryl methyl sites for hydroxylation is 2. The highest BCUT2D eigenvalue weighted by Crippen LogP contribution is 2.09. The van der Waals surface area contributed by atoms with E-state index < -0.39 is 0 Å². The number of rotatable bonds is 4. The van der Waals surface area contributed by atoms with Gasteiger partial charge in [0.05, 0.1) is 0 Å². The highest BCUT2D eigenvalue weighted by atomic mass is 79.9. The van der Waals surface area contributed by atoms with E-state index >= 15 is 0 Å². The summed E-state index contributed by atoms with van der Waals surface area (Å²) >= 11 is 3.22. The first-order valence-corrected chi connectivity index (χ1v) is 6.93. The second-order valence-electron chi connectivity index (χ2n) is 4.46. The quantitative estimate of drug-likeness (QED) is 0.880. The lowest BCUT2D eigenvalue weighted by Crippen LogP contribution is -2.24. The maximum Gasteiger partial charge on any atom is 0.267 e. The zero-order valence-electron chi connectivity index (χ0n) is 10.8. The largest absolute Gasteiger partial charge is 0.399 e. The standard InChI is InChI=1S/C14H16BrN3O/c1-10-17-9-13(15)14(19)18(10)8-2-3-11-4-6-12(16)7-5-11/h4-7,9H,2-3,8,16H2,1H3. The van der Waals surface area contributed by atoms with Crippen LogP contribution < -0.4 is 11.3 Å². The highest BCUT2D eigenvalue weighted by Gasteiger charge is 2.05. The van der Waals surface area contributed by atoms with E-state index in [2.05, 4.69) is 20.9 Å². The maximum atomic E-state index is 11.9. The number of nitrogens with two attached hydrogens (primary N) is 1. The van der Waals surface area contributed by atoms with Gasteiger partial charge in [0.1, 0.15) is 10.3 Å². The van der Waals surface area contributed by atoms with Gasteiger partial charge < -0.3 is 5.73 Å². The Morgan fingerprint density at radius 2 is 2.00 bits per heavy atom. The molecule has 0 atom stereocenters. The molecule has 0 saturated carbocycles. The number of anilines is 1. The molecule has 2 rings (SSSR count). The van der Waals surface area contributed by atoms with Crippen molar-refractivity contribution in [2.45, 2.75) is 26.3 Å². The molecule has 0 fully saturated rings. The van der Waals surface area contributed by atoms with E-state index in [9.17, 15) is 4.79 Å². The molecule has 0 saturated heterocycles. The van der Waals surface area contributed by atoms with Crippen molar-refractivity contribution in [1.82, 2.24) is 9.55 Å². The Bertz CT molecular complexity index is 620. The molecule has 1 heterocycles. The molecular formula is C14H16BrN3O. The lowest BCUT2D eigenvalue weighted by molar-refractivity contribution is 0.590. The zero-order chi connectivity index (χ0) is 13.8. The SMILES string of the molecule is Cc1ncc(Br)c(=O)n1CCCc1ccc(N)cc1. The van der Waals surface area contributed by atoms with Gasteiger partial charge in [0.15, 0.2) is 0 Å². The van der Waals surface area contributed by atoms with E-state index in [1.165, 1.54) is 5.56 Å². The number of hydrogen-bond donors (Lipinski definition) is 1. The summed E-state index contributed by atoms with van der Waals surface area (Å²) in [7, 11) is 0. The van der Waals surface area contributed by atoms with Crippen LogP contribution in [0.1, 0.15) is 17.8 Å². The molecule has 0 aliphatic carbocycles. The maximum absolute atomic E-state index is 11.9. The van der Waals surface area contributed by atoms with E-state index in [-0.39, 0.29) is 5.56 Å². The van der Waals surface area contributed by atoms with E-state index in [0.29, 0.717) is 11.0 Å². The van der Waals surface area contributed by atoms with Crippen molar-refractivity contribution in [3.8, 4) is 0 Å². The third-order valence-electron chi connectivity index (χ3n) is 3.03. The first-order valence-electron chi connectivity index (χ1n) is 6.14. The second kappa shape index (κ2) is 6.02. The van der Waals surface area contributed by atoms with Gasteiger partial charge in [-0.15, -0.1) is 0 Å². The van der Waals surface area contributed by atoms with Crippen molar-refractivity contribution < 1.29 is 0 Å². The number of nitrogen functional groups attached to an aromatic ring is 1. The summed E-state index contributed by atoms with van der Waals surface area (Å²) in [6.45, 7) is 2.51. The van der Waals surface area contributed by atoms with Crippen LogP contribution in [0.3, 0.4) is 0 Å². The van der Waals surface area contributed by atoms with Crippen molar-refractivity contribution in [3.63, 3.8) is 0 Å². The molecule has 19 heavy (non-hydrogen) atoms. The average Bonchev–Trinajstić information content (AvgIpc) is 2.40. The van der Waals surface area contributed by atoms with Gasteiger partial charge in [-0.25, -0.2) is 4.98 Å². The smallest absolute Gasteiger partial charge is 0.267 e. The molecule has 0 bridgehead atoms. The molecule has 0 radical (unpaired) electrons. The normalized spacial score (nSPS) is 10.6. The number of halogens is 1. The molecule has 0 aliphatic rings. The molecule has 0 unspecified atom stereocenters. The van der Waals surface area contributed by atoms with Gasteiger partial charge in [0, 0.05) is 18.4 Å². The predicted octanol–water partition coefficient (Wildman–Crippen LogP) is 2.53. The van der Waals surface area contributed by atoms with Crippen molar-refractivity contribution in [2.24, 2.45) is 0 Å². The van der Waals surface area contributed by atoms with Gasteiger partial charge in [-0.3, -0.25) is 9.36 Å². The summed E-state index contributed by atoms with van der Waals surface area (Å²) in [6, 6.07) is 7.83. The molecule has 5 heteroatoms. The van der Waals surface area contributed by atoms with Crippen LogP contribution in [0.15, 0.2) is 39.7 Å². The minimum Gasteiger partial charge on any atom is -0.399 e. The first-order chi connectivity index (χ1) is 9.08. The first kappa shape index (κ1) is 13.8. The van der Waals surface area contributed by atoms with Crippen molar-refractivity contribution in [3.05, 3.63) is 56.7 Å². The van der Waals surface area contributed by atoms with Crippen LogP contribution in [-0.4, -0.2) is 9.55 Å². The molecule has 4 nitrogen and oxygen atoms in total. The fourth-order valence-corrected chi connectivity index (χ4v) is 2.26. The third kappa shape index (κ3) is 3.44. The molecule has 100 valence electrons. The summed E-state index contributed by atoms with van der Waals surface area (Å²) in [5.41, 5.74) is 7.62. The van der Waals surface area contributed by atoms with Crippen LogP contribution in [0.25, 0.3) is 0 Å². The molecule has 0 amide bonds. The fourth-order valence-electron chi connectivity index (χ4n) is 1.94. The summed E-state index contributed by atoms with van der Waals surface area (Å²) in [6.07, 6.45) is 3.36. The van der Waals surface area contributed by atoms with Crippen molar-refractivity contribution in [1.29, 1.82) is 0 Å². The van der Waals surface area contributed by atoms with E-state index in [0.717, 1.165) is 24.4 Å². The summed E-state index contributed by atoms with van der Waals surface area (Å²) in [5, 5.41) is 0. The lowest BCUT2D eigenvalue weighted by Gasteiger charge is -2.09. The Morgan fingerprint density at radius 3 is 2.68 bits per heavy atom. The Labute approximate surface area is 120 Å². The monoisotopic (exact) mass is 321 g/mol. The molecule has 0 spiro atoms. The molecule has 1 aromatic carbocycles. The predicted molar refractivity (Wildman–Crippen MR) is 80.1 cm³/mol. The van der Waals surface area contributed by atoms with Gasteiger partial charge in [-0.2, -0.15) is 0 Å². The van der Waals surface area contributed by atoms with Crippen molar-refractivity contribution in [2.75, 3.05) is 5.73 Å². The van der Waals surface area contributed by atoms with Crippen molar-refractivity contribution >= 4 is 21.6 Å². The molecule has 1 aromatic heterocycles. The number of nitrogens with zero attached hydrogens (tertiary/aromatic N) is 2. The molecular weight excluding hydrogens is 306 g/mol. The second-order valence-corrected chi connectivity index (χ2v) is 5.31. The fraction of sp³-hybridized carbons (Fsp3) is 0.286. The molecule has 0 aliphatic heterocycles. The zero-order valence-corrected chi connectivity index (χ0v) is 12.4. The average molecular weight is 322 g/mol. The highest BCUT2D eigenvalue weighted by molar-refractivity contribution is 9.10. The van der Waals surface area contributed by atoms with Gasteiger partial charge >= 0.3 is 0 Å². The molecule has 2 N–H and O–H groups in total. The van der Waals surface area contributed by atoms with Crippen LogP contribution in [0, 0.1) is 6.92 Å². The van der Waals surface area contributed by atoms with E-state index in [1.807, 2.05) is 31.2 Å². The Hall–Kier alpha value is -1.62. The summed E-state index contributed by atoms with van der Waals surface area (Å²) < 4.78 is 2.20. The van der Waals surface area contributed by atoms with Crippen LogP contribution >= 0.6 is 15.9 Å². The molecule has 2 aromatic rings. The van der Waals surface area contributed by atoms with Gasteiger partial charge in [0.2, 0.25) is 0 Å². The van der Waals surface area contributed by atoms with Gasteiger partial charge in [0.25, 0.3) is 5.56 Å². The Morgan fingerprint density at radius 1 is 1.32 bits per heavy atom. The van der Waals surface area contributed by atoms with E-state index in [4.69, 9.17) is 5.73 Å². The summed E-state index contributed by atoms with van der Waals surface area (Å²) in [5.74, 6) is 0.741. The van der Waals surface area contributed by atoms with Gasteiger partial charge in [-0.05, 0) is 53.4 Å².